The van der Waals surface area contributed by atoms with E-state index in [2.05, 4.69) is 0 Å². The Bertz CT molecular complexity index is 542. The molecular weight excluding hydrogens is 232 g/mol. The molecule has 0 aliphatic heterocycles. The molecule has 0 fully saturated rings. The molecule has 1 heterocycles. The van der Waals surface area contributed by atoms with Crippen molar-refractivity contribution in [2.24, 2.45) is 0 Å². The normalized spacial score (nSPS) is 10.6. The number of carbonyl (C=O) groups excluding carboxylic acids is 1. The zero-order chi connectivity index (χ0) is 13.0. The molecule has 0 saturated heterocycles. The molecule has 0 amide bonds. The number of ether oxygens (including phenoxy) is 2. The van der Waals surface area contributed by atoms with Crippen molar-refractivity contribution in [1.82, 2.24) is 0 Å². The number of hydrogen-bond acceptors (Lipinski definition) is 4. The molecule has 2 aromatic rings. The lowest BCUT2D eigenvalue weighted by Gasteiger charge is -2.02. The smallest absolute Gasteiger partial charge is 0.374 e. The highest BCUT2D eigenvalue weighted by Gasteiger charge is 2.13. The number of esters is 1. The second kappa shape index (κ2) is 5.58. The molecule has 96 valence electrons. The second-order valence-corrected chi connectivity index (χ2v) is 3.88. The van der Waals surface area contributed by atoms with Gasteiger partial charge in [-0.25, -0.2) is 4.79 Å². The van der Waals surface area contributed by atoms with Crippen LogP contribution in [-0.4, -0.2) is 19.2 Å². The van der Waals surface area contributed by atoms with Gasteiger partial charge < -0.3 is 13.9 Å². The van der Waals surface area contributed by atoms with Crippen molar-refractivity contribution in [2.75, 3.05) is 13.2 Å². The third-order valence-corrected chi connectivity index (χ3v) is 2.44. The molecule has 4 heteroatoms. The lowest BCUT2D eigenvalue weighted by molar-refractivity contribution is 0.0492. The molecule has 0 radical (unpaired) electrons. The van der Waals surface area contributed by atoms with Crippen molar-refractivity contribution < 1.29 is 18.7 Å². The van der Waals surface area contributed by atoms with Gasteiger partial charge in [-0.1, -0.05) is 6.92 Å². The Kier molecular flexibility index (Phi) is 3.87. The highest BCUT2D eigenvalue weighted by Crippen LogP contribution is 2.24. The van der Waals surface area contributed by atoms with E-state index in [1.54, 1.807) is 19.1 Å². The summed E-state index contributed by atoms with van der Waals surface area (Å²) in [6, 6.07) is 7.19. The average molecular weight is 248 g/mol. The topological polar surface area (TPSA) is 48.7 Å². The maximum absolute atomic E-state index is 11.5. The third kappa shape index (κ3) is 2.64. The van der Waals surface area contributed by atoms with Crippen molar-refractivity contribution in [3.63, 3.8) is 0 Å². The fourth-order valence-corrected chi connectivity index (χ4v) is 1.62. The summed E-state index contributed by atoms with van der Waals surface area (Å²) in [5, 5.41) is 0.863. The van der Waals surface area contributed by atoms with Crippen LogP contribution in [0.3, 0.4) is 0 Å². The van der Waals surface area contributed by atoms with Crippen molar-refractivity contribution in [2.45, 2.75) is 20.3 Å². The van der Waals surface area contributed by atoms with Gasteiger partial charge in [0.05, 0.1) is 13.2 Å². The van der Waals surface area contributed by atoms with Crippen molar-refractivity contribution in [3.05, 3.63) is 30.0 Å². The fraction of sp³-hybridized carbons (Fsp3) is 0.357. The van der Waals surface area contributed by atoms with Gasteiger partial charge in [0.1, 0.15) is 11.3 Å². The molecule has 0 aliphatic rings. The van der Waals surface area contributed by atoms with Gasteiger partial charge in [0.25, 0.3) is 0 Å². The Balaban J connectivity index is 2.25. The minimum Gasteiger partial charge on any atom is -0.493 e. The molecule has 0 unspecified atom stereocenters. The van der Waals surface area contributed by atoms with Gasteiger partial charge in [-0.15, -0.1) is 0 Å². The SMILES string of the molecule is CCCOc1ccc2cc(C(=O)OCC)oc2c1. The van der Waals surface area contributed by atoms with Gasteiger partial charge in [0.15, 0.2) is 0 Å². The Morgan fingerprint density at radius 2 is 2.11 bits per heavy atom. The Morgan fingerprint density at radius 1 is 1.28 bits per heavy atom. The molecule has 2 rings (SSSR count). The first-order chi connectivity index (χ1) is 8.74. The largest absolute Gasteiger partial charge is 0.493 e. The summed E-state index contributed by atoms with van der Waals surface area (Å²) in [6.07, 6.45) is 0.949. The van der Waals surface area contributed by atoms with Crippen LogP contribution in [0.25, 0.3) is 11.0 Å². The molecular formula is C14H16O4. The maximum Gasteiger partial charge on any atom is 0.374 e. The summed E-state index contributed by atoms with van der Waals surface area (Å²) >= 11 is 0. The van der Waals surface area contributed by atoms with Crippen LogP contribution in [0.4, 0.5) is 0 Å². The van der Waals surface area contributed by atoms with Gasteiger partial charge in [-0.3, -0.25) is 0 Å². The highest BCUT2D eigenvalue weighted by atomic mass is 16.5. The highest BCUT2D eigenvalue weighted by molar-refractivity contribution is 5.92. The van der Waals surface area contributed by atoms with Crippen LogP contribution < -0.4 is 4.74 Å². The third-order valence-electron chi connectivity index (χ3n) is 2.44. The number of carbonyl (C=O) groups is 1. The Morgan fingerprint density at radius 3 is 2.83 bits per heavy atom. The molecule has 0 aliphatic carbocycles. The number of hydrogen-bond donors (Lipinski definition) is 0. The fourth-order valence-electron chi connectivity index (χ4n) is 1.62. The summed E-state index contributed by atoms with van der Waals surface area (Å²) in [5.41, 5.74) is 0.631. The molecule has 1 aromatic heterocycles. The minimum atomic E-state index is -0.440. The Hall–Kier alpha value is -1.97. The molecule has 0 N–H and O–H groups in total. The zero-order valence-corrected chi connectivity index (χ0v) is 10.6. The van der Waals surface area contributed by atoms with E-state index >= 15 is 0 Å². The van der Waals surface area contributed by atoms with Gasteiger partial charge in [-0.05, 0) is 31.5 Å². The van der Waals surface area contributed by atoms with Gasteiger partial charge in [0, 0.05) is 11.5 Å². The number of fused-ring (bicyclic) bond motifs is 1. The first-order valence-corrected chi connectivity index (χ1v) is 6.08. The lowest BCUT2D eigenvalue weighted by atomic mass is 10.2. The first kappa shape index (κ1) is 12.5. The first-order valence-electron chi connectivity index (χ1n) is 6.08. The standard InChI is InChI=1S/C14H16O4/c1-3-7-17-11-6-5-10-8-13(14(15)16-4-2)18-12(10)9-11/h5-6,8-9H,3-4,7H2,1-2H3. The average Bonchev–Trinajstić information content (AvgIpc) is 2.79. The monoisotopic (exact) mass is 248 g/mol. The summed E-state index contributed by atoms with van der Waals surface area (Å²) in [4.78, 5) is 11.5. The van der Waals surface area contributed by atoms with Gasteiger partial charge in [0.2, 0.25) is 5.76 Å². The molecule has 0 spiro atoms. The van der Waals surface area contributed by atoms with Crippen molar-refractivity contribution >= 4 is 16.9 Å². The van der Waals surface area contributed by atoms with E-state index in [0.717, 1.165) is 17.6 Å². The summed E-state index contributed by atoms with van der Waals surface area (Å²) in [7, 11) is 0. The zero-order valence-electron chi connectivity index (χ0n) is 10.6. The Labute approximate surface area is 105 Å². The molecule has 1 aromatic carbocycles. The van der Waals surface area contributed by atoms with E-state index in [4.69, 9.17) is 13.9 Å². The number of furan rings is 1. The summed E-state index contributed by atoms with van der Waals surface area (Å²) in [6.45, 7) is 4.80. The van der Waals surface area contributed by atoms with Gasteiger partial charge >= 0.3 is 5.97 Å². The van der Waals surface area contributed by atoms with Crippen LogP contribution in [-0.2, 0) is 4.74 Å². The van der Waals surface area contributed by atoms with Crippen LogP contribution in [0.2, 0.25) is 0 Å². The molecule has 4 nitrogen and oxygen atoms in total. The van der Waals surface area contributed by atoms with Crippen molar-refractivity contribution in [3.8, 4) is 5.75 Å². The molecule has 0 atom stereocenters. The van der Waals surface area contributed by atoms with Crippen LogP contribution in [0.1, 0.15) is 30.8 Å². The van der Waals surface area contributed by atoms with E-state index < -0.39 is 5.97 Å². The predicted octanol–water partition coefficient (Wildman–Crippen LogP) is 3.40. The minimum absolute atomic E-state index is 0.222. The molecule has 0 bridgehead atoms. The quantitative estimate of drug-likeness (QED) is 0.761. The van der Waals surface area contributed by atoms with Crippen LogP contribution in [0.15, 0.2) is 28.7 Å². The number of rotatable bonds is 5. The lowest BCUT2D eigenvalue weighted by Crippen LogP contribution is -2.02. The summed E-state index contributed by atoms with van der Waals surface area (Å²) < 4.78 is 15.8. The van der Waals surface area contributed by atoms with E-state index in [-0.39, 0.29) is 5.76 Å². The van der Waals surface area contributed by atoms with Crippen LogP contribution in [0.5, 0.6) is 5.75 Å². The van der Waals surface area contributed by atoms with E-state index in [9.17, 15) is 4.79 Å². The van der Waals surface area contributed by atoms with Crippen LogP contribution in [0, 0.1) is 0 Å². The van der Waals surface area contributed by atoms with Gasteiger partial charge in [-0.2, -0.15) is 0 Å². The van der Waals surface area contributed by atoms with E-state index in [1.165, 1.54) is 0 Å². The second-order valence-electron chi connectivity index (χ2n) is 3.88. The predicted molar refractivity (Wildman–Crippen MR) is 68.0 cm³/mol. The van der Waals surface area contributed by atoms with E-state index in [1.807, 2.05) is 19.1 Å². The van der Waals surface area contributed by atoms with E-state index in [0.29, 0.717) is 18.8 Å². The summed E-state index contributed by atoms with van der Waals surface area (Å²) in [5.74, 6) is 0.526. The van der Waals surface area contributed by atoms with Crippen molar-refractivity contribution in [1.29, 1.82) is 0 Å². The van der Waals surface area contributed by atoms with Crippen LogP contribution >= 0.6 is 0 Å². The molecule has 18 heavy (non-hydrogen) atoms. The maximum atomic E-state index is 11.5. The molecule has 0 saturated carbocycles. The number of benzene rings is 1.